The van der Waals surface area contributed by atoms with E-state index in [4.69, 9.17) is 0 Å². The summed E-state index contributed by atoms with van der Waals surface area (Å²) in [5.41, 5.74) is 32.7. The molecule has 0 radical (unpaired) electrons. The summed E-state index contributed by atoms with van der Waals surface area (Å²) in [5.74, 6) is 0. The van der Waals surface area contributed by atoms with Crippen molar-refractivity contribution in [1.29, 1.82) is 0 Å². The fraction of sp³-hybridized carbons (Fsp3) is 0.150. The minimum atomic E-state index is -0.748. The van der Waals surface area contributed by atoms with Crippen LogP contribution < -0.4 is 26.2 Å². The molecule has 0 saturated carbocycles. The maximum Gasteiger partial charge on any atom is 0.252 e. The van der Waals surface area contributed by atoms with E-state index in [0.717, 1.165) is 151 Å². The van der Waals surface area contributed by atoms with Crippen molar-refractivity contribution in [2.75, 3.05) is 9.80 Å². The first-order chi connectivity index (χ1) is 63.3. The fourth-order valence-corrected chi connectivity index (χ4v) is 21.0. The highest BCUT2D eigenvalue weighted by Gasteiger charge is 2.50. The molecule has 598 valence electrons. The smallest absolute Gasteiger partial charge is 0.252 e. The van der Waals surface area contributed by atoms with Gasteiger partial charge in [0, 0.05) is 44.6 Å². The van der Waals surface area contributed by atoms with Gasteiger partial charge in [0.05, 0.1) is 49.9 Å². The van der Waals surface area contributed by atoms with Crippen molar-refractivity contribution in [2.45, 2.75) is 116 Å². The highest BCUT2D eigenvalue weighted by atomic mass is 15.2. The molecule has 0 amide bonds. The summed E-state index contributed by atoms with van der Waals surface area (Å²) in [5, 5.41) is -0.0231. The van der Waals surface area contributed by atoms with Gasteiger partial charge in [-0.05, 0) is 221 Å². The van der Waals surface area contributed by atoms with Crippen LogP contribution >= 0.6 is 0 Å². The van der Waals surface area contributed by atoms with Crippen LogP contribution in [0.3, 0.4) is 0 Å². The number of fused-ring (bicyclic) bond motifs is 13. The third-order valence-corrected chi connectivity index (χ3v) is 27.2. The molecule has 3 heterocycles. The molecule has 18 aromatic rings. The van der Waals surface area contributed by atoms with Crippen molar-refractivity contribution in [2.24, 2.45) is 0 Å². The molecule has 22 rings (SSSR count). The van der Waals surface area contributed by atoms with Crippen molar-refractivity contribution in [3.05, 3.63) is 455 Å². The third-order valence-electron chi connectivity index (χ3n) is 27.2. The molecular weight excluding hydrogens is 1490 g/mol. The predicted molar refractivity (Wildman–Crippen MR) is 526 cm³/mol. The number of nitrogens with zero attached hydrogens (tertiary/aromatic N) is 3. The summed E-state index contributed by atoms with van der Waals surface area (Å²) in [4.78, 5) is 4.90. The minimum absolute atomic E-state index is 0.0115. The summed E-state index contributed by atoms with van der Waals surface area (Å²) in [6.07, 6.45) is 0. The summed E-state index contributed by atoms with van der Waals surface area (Å²) >= 11 is 0. The van der Waals surface area contributed by atoms with Gasteiger partial charge in [-0.2, -0.15) is 0 Å². The maximum absolute atomic E-state index is 10.4. The van der Waals surface area contributed by atoms with E-state index in [1.807, 2.05) is 0 Å². The summed E-state index contributed by atoms with van der Waals surface area (Å²) in [7, 11) is 0. The summed E-state index contributed by atoms with van der Waals surface area (Å²) in [6, 6.07) is 122. The first-order valence-corrected chi connectivity index (χ1v) is 43.7. The Labute approximate surface area is 742 Å². The molecule has 0 spiro atoms. The van der Waals surface area contributed by atoms with E-state index in [1.54, 1.807) is 4.57 Å². The lowest BCUT2D eigenvalue weighted by atomic mass is 9.33. The molecule has 124 heavy (non-hydrogen) atoms. The zero-order valence-corrected chi connectivity index (χ0v) is 72.3. The fourth-order valence-electron chi connectivity index (χ4n) is 21.0. The molecule has 17 aromatic carbocycles. The third kappa shape index (κ3) is 11.8. The molecule has 3 nitrogen and oxygen atoms in total. The molecule has 2 aliphatic heterocycles. The lowest BCUT2D eigenvalue weighted by molar-refractivity contribution is 0.568. The van der Waals surface area contributed by atoms with E-state index in [9.17, 15) is 11.0 Å². The second-order valence-corrected chi connectivity index (χ2v) is 38.5. The average molecular weight is 1600 g/mol. The van der Waals surface area contributed by atoms with Gasteiger partial charge < -0.3 is 14.4 Å². The van der Waals surface area contributed by atoms with Gasteiger partial charge in [-0.25, -0.2) is 0 Å². The van der Waals surface area contributed by atoms with E-state index in [2.05, 4.69) is 433 Å². The molecular formula is C120H100BN3. The van der Waals surface area contributed by atoms with Crippen molar-refractivity contribution in [3.8, 4) is 72.4 Å². The predicted octanol–water partition coefficient (Wildman–Crippen LogP) is 29.5. The van der Waals surface area contributed by atoms with Gasteiger partial charge in [0.25, 0.3) is 6.71 Å². The lowest BCUT2D eigenvalue weighted by Gasteiger charge is -2.45. The highest BCUT2D eigenvalue weighted by molar-refractivity contribution is 7.00. The number of para-hydroxylation sites is 4. The first-order valence-electron chi connectivity index (χ1n) is 47.7. The van der Waals surface area contributed by atoms with Gasteiger partial charge in [0.2, 0.25) is 0 Å². The Morgan fingerprint density at radius 1 is 0.250 bits per heavy atom. The zero-order chi connectivity index (χ0) is 91.5. The van der Waals surface area contributed by atoms with E-state index < -0.39 is 65.9 Å². The average Bonchev–Trinajstić information content (AvgIpc) is 1.13. The van der Waals surface area contributed by atoms with Gasteiger partial charge in [0.1, 0.15) is 0 Å². The Balaban J connectivity index is 0.900. The molecule has 0 fully saturated rings. The van der Waals surface area contributed by atoms with E-state index in [-0.39, 0.29) is 43.5 Å². The maximum atomic E-state index is 10.4. The van der Waals surface area contributed by atoms with Crippen LogP contribution in [0.4, 0.5) is 34.1 Å². The second-order valence-electron chi connectivity index (χ2n) is 38.5. The Hall–Kier alpha value is -13.8. The Morgan fingerprint density at radius 3 is 0.927 bits per heavy atom. The molecule has 2 aliphatic carbocycles. The van der Waals surface area contributed by atoms with Crippen LogP contribution in [0.5, 0.6) is 0 Å². The number of benzene rings is 17. The monoisotopic (exact) mass is 1600 g/mol. The van der Waals surface area contributed by atoms with E-state index in [1.165, 1.54) is 33.4 Å². The molecule has 0 bridgehead atoms. The van der Waals surface area contributed by atoms with Gasteiger partial charge >= 0.3 is 0 Å². The van der Waals surface area contributed by atoms with E-state index in [0.29, 0.717) is 5.69 Å². The Kier molecular flexibility index (Phi) is 15.5. The number of hydrogen-bond acceptors (Lipinski definition) is 2. The van der Waals surface area contributed by atoms with Crippen LogP contribution in [0.15, 0.2) is 388 Å². The molecule has 1 aromatic heterocycles. The van der Waals surface area contributed by atoms with Crippen molar-refractivity contribution < 1.29 is 11.0 Å². The summed E-state index contributed by atoms with van der Waals surface area (Å²) in [6.45, 7) is 26.9. The van der Waals surface area contributed by atoms with E-state index >= 15 is 0 Å². The Bertz CT molecular complexity index is 7260. The lowest BCUT2D eigenvalue weighted by Crippen LogP contribution is -2.61. The van der Waals surface area contributed by atoms with Crippen LogP contribution in [-0.2, 0) is 32.5 Å². The van der Waals surface area contributed by atoms with Crippen LogP contribution in [-0.4, -0.2) is 11.3 Å². The Morgan fingerprint density at radius 2 is 0.565 bits per heavy atom. The number of anilines is 6. The topological polar surface area (TPSA) is 11.4 Å². The van der Waals surface area contributed by atoms with Gasteiger partial charge in [-0.3, -0.25) is 0 Å². The van der Waals surface area contributed by atoms with Gasteiger partial charge in [-0.1, -0.05) is 411 Å². The summed E-state index contributed by atoms with van der Waals surface area (Å²) < 4.78 is 80.8. The van der Waals surface area contributed by atoms with Crippen LogP contribution in [0, 0.1) is 0 Å². The van der Waals surface area contributed by atoms with Crippen LogP contribution in [0.25, 0.3) is 94.3 Å². The molecule has 0 atom stereocenters. The molecule has 0 unspecified atom stereocenters. The SMILES string of the molecule is [2H]c1c([2H])c([2H])c2c(c1[2H])c1c([2H])c([2H])c([2H])c([2H])c1n2-c1cc2c3c(c1)N(c1ccccc1-c1ccc4c(c1)C(c1ccccc1)(c1ccccc1)c1ccccc1-4)c1cc(-c4cc(C(C)(C)C)cc(C(C)(C)C)c4)ccc1B3c1ccc(-c3cc(C(C)(C)C)cc(C(C)(C)C)c3)cc1N2c1ccccc1-c1ccc2c(c1)C(c1ccccc1)(c1ccccc1)c1ccccc1-2. The first kappa shape index (κ1) is 67.8. The standard InChI is InChI=1S/C120H100BN3/c1-115(2,3)87-65-81(66-88(73-87)116(4,5)6)77-59-63-104-110(71-77)123(106-53-33-27-45-92(106)79-57-61-96-94-47-25-31-51-100(94)119(102(96)69-79,83-37-17-13-18-38-83)84-39-19-14-20-40-84)112-75-91(122-108-55-35-29-49-98(108)99-50-30-36-56-109(99)122)76-113-114(112)121(104)105-64-60-78(82-67-89(117(7,8)9)74-90(68-82)118(10,11)12)72-111(105)124(113)107-54-34-28-46-93(107)80-58-62-97-95-48-26-32-52-101(95)120(103(97)70-80,85-41-21-15-22-42-85)86-43-23-16-24-44-86/h13-76H,1-12H3/i29D,30D,35D,36D,49D,50D,55D,56D. The quantitative estimate of drug-likeness (QED) is 0.120. The second kappa shape index (κ2) is 28.4. The van der Waals surface area contributed by atoms with Crippen molar-refractivity contribution in [1.82, 2.24) is 4.57 Å². The zero-order valence-electron chi connectivity index (χ0n) is 80.3. The minimum Gasteiger partial charge on any atom is -0.311 e. The molecule has 4 heteroatoms. The largest absolute Gasteiger partial charge is 0.311 e. The highest BCUT2D eigenvalue weighted by Crippen LogP contribution is 2.61. The van der Waals surface area contributed by atoms with Crippen LogP contribution in [0.1, 0.15) is 161 Å². The normalized spacial score (nSPS) is 15.0. The molecule has 0 saturated heterocycles. The van der Waals surface area contributed by atoms with Gasteiger partial charge in [0.15, 0.2) is 0 Å². The van der Waals surface area contributed by atoms with Crippen molar-refractivity contribution >= 4 is 79.0 Å². The van der Waals surface area contributed by atoms with Crippen molar-refractivity contribution in [3.63, 3.8) is 0 Å². The number of hydrogen-bond donors (Lipinski definition) is 0. The van der Waals surface area contributed by atoms with Gasteiger partial charge in [-0.15, -0.1) is 0 Å². The molecule has 0 N–H and O–H groups in total. The molecule has 4 aliphatic rings. The number of rotatable bonds is 11. The number of aromatic nitrogens is 1. The van der Waals surface area contributed by atoms with Crippen LogP contribution in [0.2, 0.25) is 0 Å².